The minimum absolute atomic E-state index is 0.0107. The number of nitrogens with one attached hydrogen (secondary N) is 2. The molecule has 0 bridgehead atoms. The zero-order chi connectivity index (χ0) is 14.8. The summed E-state index contributed by atoms with van der Waals surface area (Å²) in [4.78, 5) is 17.9. The van der Waals surface area contributed by atoms with Gasteiger partial charge in [-0.15, -0.1) is 0 Å². The van der Waals surface area contributed by atoms with Gasteiger partial charge in [-0.2, -0.15) is 0 Å². The summed E-state index contributed by atoms with van der Waals surface area (Å²) in [5, 5.41) is 0. The molecule has 106 valence electrons. The number of carbonyl (C=O) groups excluding carboxylic acids is 1. The number of aromatic nitrogens is 2. The molecule has 8 heteroatoms. The van der Waals surface area contributed by atoms with E-state index in [1.54, 1.807) is 19.2 Å². The zero-order valence-corrected chi connectivity index (χ0v) is 11.6. The highest BCUT2D eigenvalue weighted by molar-refractivity contribution is 7.89. The van der Waals surface area contributed by atoms with Crippen LogP contribution >= 0.6 is 0 Å². The average molecular weight is 294 g/mol. The number of aryl methyl sites for hydroxylation is 1. The summed E-state index contributed by atoms with van der Waals surface area (Å²) in [6, 6.07) is 4.23. The fourth-order valence-electron chi connectivity index (χ4n) is 1.68. The number of hydrogen-bond donors (Lipinski definition) is 3. The Morgan fingerprint density at radius 2 is 2.20 bits per heavy atom. The third-order valence-electron chi connectivity index (χ3n) is 2.77. The molecule has 7 nitrogen and oxygen atoms in total. The van der Waals surface area contributed by atoms with E-state index < -0.39 is 15.9 Å². The number of rotatable bonds is 5. The highest BCUT2D eigenvalue weighted by atomic mass is 32.2. The van der Waals surface area contributed by atoms with E-state index in [1.807, 2.05) is 0 Å². The molecule has 1 amide bonds. The highest BCUT2D eigenvalue weighted by Crippen LogP contribution is 2.15. The Labute approximate surface area is 116 Å². The Morgan fingerprint density at radius 3 is 2.80 bits per heavy atom. The molecular weight excluding hydrogens is 280 g/mol. The first-order chi connectivity index (χ1) is 9.40. The van der Waals surface area contributed by atoms with Crippen molar-refractivity contribution in [2.24, 2.45) is 5.73 Å². The maximum absolute atomic E-state index is 12.1. The minimum atomic E-state index is -3.73. The van der Waals surface area contributed by atoms with Crippen LogP contribution in [-0.4, -0.2) is 24.3 Å². The van der Waals surface area contributed by atoms with Crippen molar-refractivity contribution >= 4 is 15.9 Å². The molecule has 0 saturated carbocycles. The van der Waals surface area contributed by atoms with Gasteiger partial charge in [-0.3, -0.25) is 4.79 Å². The van der Waals surface area contributed by atoms with E-state index in [0.29, 0.717) is 11.4 Å². The predicted octanol–water partition coefficient (Wildman–Crippen LogP) is 0.296. The number of H-pyrrole nitrogens is 1. The van der Waals surface area contributed by atoms with Crippen LogP contribution in [0.25, 0.3) is 0 Å². The van der Waals surface area contributed by atoms with Crippen molar-refractivity contribution in [3.63, 3.8) is 0 Å². The van der Waals surface area contributed by atoms with Crippen molar-refractivity contribution in [2.75, 3.05) is 0 Å². The molecule has 1 heterocycles. The molecular formula is C12H14N4O3S. The van der Waals surface area contributed by atoms with Crippen molar-refractivity contribution in [3.8, 4) is 0 Å². The summed E-state index contributed by atoms with van der Waals surface area (Å²) in [6.07, 6.45) is 3.13. The van der Waals surface area contributed by atoms with Crippen LogP contribution in [0.1, 0.15) is 21.7 Å². The first-order valence-corrected chi connectivity index (χ1v) is 7.27. The lowest BCUT2D eigenvalue weighted by atomic mass is 10.1. The van der Waals surface area contributed by atoms with Gasteiger partial charge in [0.1, 0.15) is 5.82 Å². The molecule has 0 saturated heterocycles. The van der Waals surface area contributed by atoms with Gasteiger partial charge >= 0.3 is 0 Å². The van der Waals surface area contributed by atoms with E-state index in [4.69, 9.17) is 5.73 Å². The maximum Gasteiger partial charge on any atom is 0.249 e. The molecule has 0 spiro atoms. The summed E-state index contributed by atoms with van der Waals surface area (Å²) >= 11 is 0. The number of amides is 1. The second-order valence-corrected chi connectivity index (χ2v) is 5.97. The van der Waals surface area contributed by atoms with Gasteiger partial charge in [0, 0.05) is 18.0 Å². The van der Waals surface area contributed by atoms with Crippen LogP contribution in [0, 0.1) is 6.92 Å². The molecule has 4 N–H and O–H groups in total. The standard InChI is InChI=1S/C12H14N4O3S/c1-8-2-3-9(6-10(8)12(13)17)20(18,19)16-7-11-14-4-5-15-11/h2-6,16H,7H2,1H3,(H2,13,17)(H,14,15). The zero-order valence-electron chi connectivity index (χ0n) is 10.8. The van der Waals surface area contributed by atoms with Crippen LogP contribution in [0.4, 0.5) is 0 Å². The van der Waals surface area contributed by atoms with Crippen LogP contribution in [0.5, 0.6) is 0 Å². The van der Waals surface area contributed by atoms with Crippen LogP contribution in [0.3, 0.4) is 0 Å². The van der Waals surface area contributed by atoms with Crippen molar-refractivity contribution in [1.82, 2.24) is 14.7 Å². The number of hydrogen-bond acceptors (Lipinski definition) is 4. The fourth-order valence-corrected chi connectivity index (χ4v) is 2.69. The van der Waals surface area contributed by atoms with Gasteiger partial charge in [-0.05, 0) is 24.6 Å². The lowest BCUT2D eigenvalue weighted by molar-refractivity contribution is 0.0999. The SMILES string of the molecule is Cc1ccc(S(=O)(=O)NCc2ncc[nH]2)cc1C(N)=O. The van der Waals surface area contributed by atoms with Crippen LogP contribution in [0.15, 0.2) is 35.5 Å². The van der Waals surface area contributed by atoms with Crippen LogP contribution < -0.4 is 10.5 Å². The monoisotopic (exact) mass is 294 g/mol. The van der Waals surface area contributed by atoms with E-state index >= 15 is 0 Å². The first-order valence-electron chi connectivity index (χ1n) is 5.78. The summed E-state index contributed by atoms with van der Waals surface area (Å²) in [7, 11) is -3.73. The molecule has 1 aromatic carbocycles. The quantitative estimate of drug-likeness (QED) is 0.734. The number of nitrogens with two attached hydrogens (primary N) is 1. The molecule has 0 aliphatic carbocycles. The lowest BCUT2D eigenvalue weighted by Gasteiger charge is -2.08. The van der Waals surface area contributed by atoms with Gasteiger partial charge in [0.15, 0.2) is 0 Å². The summed E-state index contributed by atoms with van der Waals surface area (Å²) < 4.78 is 26.6. The second-order valence-electron chi connectivity index (χ2n) is 4.20. The van der Waals surface area contributed by atoms with Crippen molar-refractivity contribution < 1.29 is 13.2 Å². The number of nitrogens with zero attached hydrogens (tertiary/aromatic N) is 1. The fraction of sp³-hybridized carbons (Fsp3) is 0.167. The Balaban J connectivity index is 2.25. The number of carbonyl (C=O) groups is 1. The molecule has 0 aliphatic heterocycles. The van der Waals surface area contributed by atoms with Crippen molar-refractivity contribution in [3.05, 3.63) is 47.5 Å². The molecule has 2 rings (SSSR count). The molecule has 2 aromatic rings. The van der Waals surface area contributed by atoms with Crippen LogP contribution in [-0.2, 0) is 16.6 Å². The van der Waals surface area contributed by atoms with Gasteiger partial charge in [0.25, 0.3) is 0 Å². The largest absolute Gasteiger partial charge is 0.366 e. The molecule has 0 atom stereocenters. The molecule has 0 radical (unpaired) electrons. The molecule has 1 aromatic heterocycles. The summed E-state index contributed by atoms with van der Waals surface area (Å²) in [5.74, 6) is -0.165. The van der Waals surface area contributed by atoms with E-state index in [1.165, 1.54) is 18.3 Å². The van der Waals surface area contributed by atoms with E-state index in [9.17, 15) is 13.2 Å². The number of benzene rings is 1. The summed E-state index contributed by atoms with van der Waals surface area (Å²) in [6.45, 7) is 1.72. The molecule has 0 aliphatic rings. The minimum Gasteiger partial charge on any atom is -0.366 e. The smallest absolute Gasteiger partial charge is 0.249 e. The van der Waals surface area contributed by atoms with Gasteiger partial charge in [0.05, 0.1) is 11.4 Å². The number of aromatic amines is 1. The third-order valence-corrected chi connectivity index (χ3v) is 4.17. The van der Waals surface area contributed by atoms with Crippen molar-refractivity contribution in [2.45, 2.75) is 18.4 Å². The number of primary amides is 1. The third kappa shape index (κ3) is 3.03. The molecule has 20 heavy (non-hydrogen) atoms. The Bertz CT molecular complexity index is 723. The highest BCUT2D eigenvalue weighted by Gasteiger charge is 2.17. The number of imidazole rings is 1. The number of sulfonamides is 1. The van der Waals surface area contributed by atoms with E-state index in [0.717, 1.165) is 0 Å². The maximum atomic E-state index is 12.1. The second kappa shape index (κ2) is 5.43. The van der Waals surface area contributed by atoms with Crippen LogP contribution in [0.2, 0.25) is 0 Å². The Kier molecular flexibility index (Phi) is 3.86. The van der Waals surface area contributed by atoms with Gasteiger partial charge in [-0.1, -0.05) is 6.07 Å². The summed E-state index contributed by atoms with van der Waals surface area (Å²) in [5.41, 5.74) is 6.02. The van der Waals surface area contributed by atoms with Gasteiger partial charge in [0.2, 0.25) is 15.9 Å². The van der Waals surface area contributed by atoms with E-state index in [2.05, 4.69) is 14.7 Å². The normalized spacial score (nSPS) is 11.4. The van der Waals surface area contributed by atoms with E-state index in [-0.39, 0.29) is 17.0 Å². The van der Waals surface area contributed by atoms with Crippen molar-refractivity contribution in [1.29, 1.82) is 0 Å². The Morgan fingerprint density at radius 1 is 1.45 bits per heavy atom. The molecule has 0 fully saturated rings. The lowest BCUT2D eigenvalue weighted by Crippen LogP contribution is -2.24. The Hall–Kier alpha value is -2.19. The topological polar surface area (TPSA) is 118 Å². The first kappa shape index (κ1) is 14.2. The van der Waals surface area contributed by atoms with Gasteiger partial charge in [-0.25, -0.2) is 18.1 Å². The predicted molar refractivity (Wildman–Crippen MR) is 72.3 cm³/mol. The molecule has 0 unspecified atom stereocenters. The van der Waals surface area contributed by atoms with Gasteiger partial charge < -0.3 is 10.7 Å². The average Bonchev–Trinajstić information content (AvgIpc) is 2.89.